The van der Waals surface area contributed by atoms with E-state index in [4.69, 9.17) is 0 Å². The third kappa shape index (κ3) is 3.47. The molecule has 1 aliphatic carbocycles. The number of hydrogen-bond acceptors (Lipinski definition) is 2. The number of hydrogen-bond donors (Lipinski definition) is 1. The lowest BCUT2D eigenvalue weighted by atomic mass is 9.95. The van der Waals surface area contributed by atoms with Gasteiger partial charge in [-0.15, -0.1) is 0 Å². The Hall–Kier alpha value is -1.09. The lowest BCUT2D eigenvalue weighted by molar-refractivity contribution is 0.197. The maximum Gasteiger partial charge on any atom is 0.117 e. The van der Waals surface area contributed by atoms with Crippen molar-refractivity contribution in [1.82, 2.24) is 9.78 Å². The van der Waals surface area contributed by atoms with Crippen LogP contribution in [0.2, 0.25) is 0 Å². The molecule has 0 amide bonds. The Bertz CT molecular complexity index is 434. The maximum absolute atomic E-state index is 10.7. The molecular weight excluding hydrogens is 236 g/mol. The highest BCUT2D eigenvalue weighted by molar-refractivity contribution is 5.23. The molecule has 2 rings (SSSR count). The normalized spacial score (nSPS) is 21.3. The van der Waals surface area contributed by atoms with Crippen LogP contribution in [-0.2, 0) is 13.0 Å². The van der Waals surface area contributed by atoms with E-state index >= 15 is 0 Å². The van der Waals surface area contributed by atoms with Crippen molar-refractivity contribution in [2.75, 3.05) is 0 Å². The average Bonchev–Trinajstić information content (AvgIpc) is 2.81. The van der Waals surface area contributed by atoms with Crippen molar-refractivity contribution in [2.45, 2.75) is 71.4 Å². The molecule has 0 spiro atoms. The molecule has 0 bridgehead atoms. The van der Waals surface area contributed by atoms with Gasteiger partial charge in [0.05, 0.1) is 11.4 Å². The molecule has 19 heavy (non-hydrogen) atoms. The van der Waals surface area contributed by atoms with E-state index in [-0.39, 0.29) is 0 Å². The van der Waals surface area contributed by atoms with Crippen LogP contribution in [0.25, 0.3) is 0 Å². The Kier molecular flexibility index (Phi) is 5.20. The molecular formula is C16H26N2O. The van der Waals surface area contributed by atoms with Crippen LogP contribution in [0.1, 0.15) is 69.9 Å². The molecule has 106 valence electrons. The van der Waals surface area contributed by atoms with Gasteiger partial charge in [0, 0.05) is 6.54 Å². The first-order valence-corrected chi connectivity index (χ1v) is 7.69. The lowest BCUT2D eigenvalue weighted by Gasteiger charge is -2.18. The summed E-state index contributed by atoms with van der Waals surface area (Å²) in [6.45, 7) is 5.00. The van der Waals surface area contributed by atoms with E-state index in [9.17, 15) is 5.11 Å². The zero-order valence-corrected chi connectivity index (χ0v) is 12.2. The molecule has 1 heterocycles. The number of aliphatic hydroxyl groups is 1. The summed E-state index contributed by atoms with van der Waals surface area (Å²) < 4.78 is 1.95. The summed E-state index contributed by atoms with van der Waals surface area (Å²) in [5.41, 5.74) is 3.23. The number of aromatic nitrogens is 2. The summed E-state index contributed by atoms with van der Waals surface area (Å²) in [4.78, 5) is 0. The van der Waals surface area contributed by atoms with Crippen LogP contribution < -0.4 is 0 Å². The molecule has 1 aromatic rings. The van der Waals surface area contributed by atoms with Crippen LogP contribution in [0.15, 0.2) is 17.7 Å². The van der Waals surface area contributed by atoms with Gasteiger partial charge in [0.25, 0.3) is 0 Å². The van der Waals surface area contributed by atoms with Crippen LogP contribution in [0.4, 0.5) is 0 Å². The van der Waals surface area contributed by atoms with E-state index in [1.165, 1.54) is 31.3 Å². The van der Waals surface area contributed by atoms with Crippen molar-refractivity contribution in [3.05, 3.63) is 29.1 Å². The zero-order chi connectivity index (χ0) is 13.7. The number of rotatable bonds is 4. The molecule has 1 atom stereocenters. The van der Waals surface area contributed by atoms with E-state index in [0.29, 0.717) is 0 Å². The van der Waals surface area contributed by atoms with Gasteiger partial charge in [-0.05, 0) is 50.7 Å². The van der Waals surface area contributed by atoms with Gasteiger partial charge in [0.15, 0.2) is 0 Å². The van der Waals surface area contributed by atoms with Gasteiger partial charge in [0.2, 0.25) is 0 Å². The number of aryl methyl sites for hydroxylation is 2. The largest absolute Gasteiger partial charge is 0.382 e. The molecule has 1 unspecified atom stereocenters. The predicted octanol–water partition coefficient (Wildman–Crippen LogP) is 3.78. The van der Waals surface area contributed by atoms with E-state index in [1.807, 2.05) is 4.68 Å². The molecule has 0 aliphatic heterocycles. The molecule has 1 aliphatic rings. The van der Waals surface area contributed by atoms with E-state index in [0.717, 1.165) is 37.2 Å². The van der Waals surface area contributed by atoms with Crippen LogP contribution in [0.3, 0.4) is 0 Å². The highest BCUT2D eigenvalue weighted by Gasteiger charge is 2.19. The maximum atomic E-state index is 10.7. The molecule has 0 saturated carbocycles. The smallest absolute Gasteiger partial charge is 0.117 e. The minimum atomic E-state index is -0.467. The first kappa shape index (κ1) is 14.3. The summed E-state index contributed by atoms with van der Waals surface area (Å²) in [6, 6.07) is 2.06. The van der Waals surface area contributed by atoms with E-state index < -0.39 is 6.10 Å². The summed E-state index contributed by atoms with van der Waals surface area (Å²) in [5.74, 6) is 0. The Labute approximate surface area is 116 Å². The summed E-state index contributed by atoms with van der Waals surface area (Å²) in [7, 11) is 0. The molecule has 0 radical (unpaired) electrons. The average molecular weight is 262 g/mol. The van der Waals surface area contributed by atoms with Crippen LogP contribution in [0.5, 0.6) is 0 Å². The van der Waals surface area contributed by atoms with Gasteiger partial charge in [0.1, 0.15) is 6.10 Å². The van der Waals surface area contributed by atoms with Crippen molar-refractivity contribution < 1.29 is 5.11 Å². The van der Waals surface area contributed by atoms with Gasteiger partial charge in [-0.1, -0.05) is 25.8 Å². The summed E-state index contributed by atoms with van der Waals surface area (Å²) >= 11 is 0. The molecule has 1 aromatic heterocycles. The Balaban J connectivity index is 2.21. The first-order chi connectivity index (χ1) is 9.26. The Morgan fingerprint density at radius 2 is 2.05 bits per heavy atom. The van der Waals surface area contributed by atoms with Gasteiger partial charge < -0.3 is 5.11 Å². The minimum Gasteiger partial charge on any atom is -0.382 e. The molecule has 0 aromatic carbocycles. The minimum absolute atomic E-state index is 0.467. The monoisotopic (exact) mass is 262 g/mol. The Morgan fingerprint density at radius 1 is 1.26 bits per heavy atom. The Morgan fingerprint density at radius 3 is 2.79 bits per heavy atom. The first-order valence-electron chi connectivity index (χ1n) is 7.69. The second-order valence-electron chi connectivity index (χ2n) is 5.36. The van der Waals surface area contributed by atoms with E-state index in [1.54, 1.807) is 0 Å². The second kappa shape index (κ2) is 6.90. The highest BCUT2D eigenvalue weighted by atomic mass is 16.3. The van der Waals surface area contributed by atoms with Gasteiger partial charge in [-0.25, -0.2) is 0 Å². The molecule has 1 N–H and O–H groups in total. The van der Waals surface area contributed by atoms with Crippen molar-refractivity contribution in [3.8, 4) is 0 Å². The third-order valence-corrected chi connectivity index (χ3v) is 3.98. The number of nitrogens with zero attached hydrogens (tertiary/aromatic N) is 2. The fourth-order valence-electron chi connectivity index (χ4n) is 2.79. The van der Waals surface area contributed by atoms with Crippen LogP contribution >= 0.6 is 0 Å². The third-order valence-electron chi connectivity index (χ3n) is 3.98. The SMILES string of the molecule is CCc1cc(C(O)/C2=C/CCCCCC2)n(CC)n1. The van der Waals surface area contributed by atoms with Crippen molar-refractivity contribution in [1.29, 1.82) is 0 Å². The second-order valence-corrected chi connectivity index (χ2v) is 5.36. The van der Waals surface area contributed by atoms with Crippen LogP contribution in [-0.4, -0.2) is 14.9 Å². The van der Waals surface area contributed by atoms with Crippen molar-refractivity contribution in [3.63, 3.8) is 0 Å². The highest BCUT2D eigenvalue weighted by Crippen LogP contribution is 2.29. The van der Waals surface area contributed by atoms with Crippen LogP contribution in [0, 0.1) is 0 Å². The molecule has 0 saturated heterocycles. The summed E-state index contributed by atoms with van der Waals surface area (Å²) in [5, 5.41) is 15.2. The zero-order valence-electron chi connectivity index (χ0n) is 12.2. The molecule has 3 nitrogen and oxygen atoms in total. The van der Waals surface area contributed by atoms with Crippen molar-refractivity contribution in [2.24, 2.45) is 0 Å². The summed E-state index contributed by atoms with van der Waals surface area (Å²) in [6.07, 6.45) is 9.90. The topological polar surface area (TPSA) is 38.0 Å². The standard InChI is InChI=1S/C16H26N2O/c1-3-14-12-15(18(4-2)17-14)16(19)13-10-8-6-5-7-9-11-13/h10,12,16,19H,3-9,11H2,1-2H3/b13-10+. The van der Waals surface area contributed by atoms with Crippen molar-refractivity contribution >= 4 is 0 Å². The molecule has 3 heteroatoms. The van der Waals surface area contributed by atoms with Gasteiger partial charge >= 0.3 is 0 Å². The fourth-order valence-corrected chi connectivity index (χ4v) is 2.79. The number of allylic oxidation sites excluding steroid dienone is 1. The fraction of sp³-hybridized carbons (Fsp3) is 0.688. The molecule has 0 fully saturated rings. The quantitative estimate of drug-likeness (QED) is 0.839. The van der Waals surface area contributed by atoms with Gasteiger partial charge in [-0.3, -0.25) is 4.68 Å². The van der Waals surface area contributed by atoms with E-state index in [2.05, 4.69) is 31.1 Å². The lowest BCUT2D eigenvalue weighted by Crippen LogP contribution is -2.10. The van der Waals surface area contributed by atoms with Gasteiger partial charge in [-0.2, -0.15) is 5.10 Å². The predicted molar refractivity (Wildman–Crippen MR) is 78.0 cm³/mol. The number of aliphatic hydroxyl groups excluding tert-OH is 1.